The quantitative estimate of drug-likeness (QED) is 0.354. The lowest BCUT2D eigenvalue weighted by molar-refractivity contribution is -0.140. The van der Waals surface area contributed by atoms with E-state index < -0.39 is 28.5 Å². The zero-order chi connectivity index (χ0) is 27.7. The third-order valence-electron chi connectivity index (χ3n) is 5.96. The minimum absolute atomic E-state index is 0.0172. The molecule has 0 radical (unpaired) electrons. The fourth-order valence-corrected chi connectivity index (χ4v) is 5.62. The van der Waals surface area contributed by atoms with E-state index >= 15 is 0 Å². The van der Waals surface area contributed by atoms with Crippen molar-refractivity contribution in [1.82, 2.24) is 10.2 Å². The van der Waals surface area contributed by atoms with E-state index in [9.17, 15) is 18.0 Å². The minimum atomic E-state index is -4.19. The molecule has 10 heteroatoms. The molecule has 3 rings (SSSR count). The predicted molar refractivity (Wildman–Crippen MR) is 149 cm³/mol. The maximum Gasteiger partial charge on any atom is 0.264 e. The zero-order valence-corrected chi connectivity index (χ0v) is 23.2. The summed E-state index contributed by atoms with van der Waals surface area (Å²) in [6, 6.07) is 20.7. The van der Waals surface area contributed by atoms with Crippen molar-refractivity contribution in [3.63, 3.8) is 0 Å². The van der Waals surface area contributed by atoms with E-state index in [0.717, 1.165) is 9.87 Å². The van der Waals surface area contributed by atoms with Crippen LogP contribution in [0.25, 0.3) is 0 Å². The average molecular weight is 558 g/mol. The number of nitrogens with zero attached hydrogens (tertiary/aromatic N) is 2. The molecule has 2 amide bonds. The molecule has 202 valence electrons. The molecular weight excluding hydrogens is 526 g/mol. The first-order valence-electron chi connectivity index (χ1n) is 12.2. The third kappa shape index (κ3) is 7.05. The Morgan fingerprint density at radius 2 is 1.66 bits per heavy atom. The van der Waals surface area contributed by atoms with Gasteiger partial charge in [0.2, 0.25) is 11.8 Å². The van der Waals surface area contributed by atoms with E-state index in [0.29, 0.717) is 23.7 Å². The standard InChI is InChI=1S/C28H32ClN3O5S/c1-4-26(28(34)30-5-2)31(19-21-10-7-6-8-11-21)27(33)20-32(23-13-9-12-22(29)18-23)38(35,36)25-16-14-24(37-3)15-17-25/h6-18,26H,4-5,19-20H2,1-3H3,(H,30,34)/t26-/m0/s1. The number of anilines is 1. The highest BCUT2D eigenvalue weighted by molar-refractivity contribution is 7.92. The van der Waals surface area contributed by atoms with Gasteiger partial charge in [0.05, 0.1) is 17.7 Å². The Kier molecular flexibility index (Phi) is 10.2. The van der Waals surface area contributed by atoms with Crippen LogP contribution in [0.1, 0.15) is 25.8 Å². The molecule has 0 aliphatic rings. The summed E-state index contributed by atoms with van der Waals surface area (Å²) in [6.45, 7) is 3.63. The van der Waals surface area contributed by atoms with Crippen LogP contribution >= 0.6 is 11.6 Å². The van der Waals surface area contributed by atoms with E-state index in [4.69, 9.17) is 16.3 Å². The van der Waals surface area contributed by atoms with Crippen LogP contribution in [0.3, 0.4) is 0 Å². The van der Waals surface area contributed by atoms with Crippen molar-refractivity contribution < 1.29 is 22.7 Å². The van der Waals surface area contributed by atoms with Crippen LogP contribution in [0.5, 0.6) is 5.75 Å². The highest BCUT2D eigenvalue weighted by Crippen LogP contribution is 2.28. The lowest BCUT2D eigenvalue weighted by Gasteiger charge is -2.33. The highest BCUT2D eigenvalue weighted by atomic mass is 35.5. The summed E-state index contributed by atoms with van der Waals surface area (Å²) >= 11 is 6.19. The first-order valence-corrected chi connectivity index (χ1v) is 14.1. The number of nitrogens with one attached hydrogen (secondary N) is 1. The van der Waals surface area contributed by atoms with E-state index in [2.05, 4.69) is 5.32 Å². The number of carbonyl (C=O) groups is 2. The van der Waals surface area contributed by atoms with Crippen molar-refractivity contribution >= 4 is 39.1 Å². The van der Waals surface area contributed by atoms with Crippen LogP contribution in [0.4, 0.5) is 5.69 Å². The number of amides is 2. The summed E-state index contributed by atoms with van der Waals surface area (Å²) in [6.07, 6.45) is 0.354. The molecule has 1 atom stereocenters. The molecule has 0 unspecified atom stereocenters. The number of likely N-dealkylation sites (N-methyl/N-ethyl adjacent to an activating group) is 1. The molecule has 0 saturated carbocycles. The van der Waals surface area contributed by atoms with E-state index in [1.807, 2.05) is 37.3 Å². The minimum Gasteiger partial charge on any atom is -0.497 e. The fourth-order valence-electron chi connectivity index (χ4n) is 4.03. The molecule has 3 aromatic rings. The maximum absolute atomic E-state index is 13.9. The van der Waals surface area contributed by atoms with Gasteiger partial charge in [-0.3, -0.25) is 13.9 Å². The number of halogens is 1. The summed E-state index contributed by atoms with van der Waals surface area (Å²) < 4.78 is 33.8. The first-order chi connectivity index (χ1) is 18.2. The summed E-state index contributed by atoms with van der Waals surface area (Å²) in [5, 5.41) is 3.10. The van der Waals surface area contributed by atoms with E-state index in [1.165, 1.54) is 42.3 Å². The van der Waals surface area contributed by atoms with Gasteiger partial charge in [-0.05, 0) is 61.4 Å². The Morgan fingerprint density at radius 3 is 2.24 bits per heavy atom. The Balaban J connectivity index is 2.05. The van der Waals surface area contributed by atoms with Gasteiger partial charge >= 0.3 is 0 Å². The number of methoxy groups -OCH3 is 1. The number of carbonyl (C=O) groups excluding carboxylic acids is 2. The zero-order valence-electron chi connectivity index (χ0n) is 21.6. The first kappa shape index (κ1) is 29.0. The predicted octanol–water partition coefficient (Wildman–Crippen LogP) is 4.49. The third-order valence-corrected chi connectivity index (χ3v) is 7.98. The molecule has 1 N–H and O–H groups in total. The van der Waals surface area contributed by atoms with Crippen molar-refractivity contribution in [2.24, 2.45) is 0 Å². The second-order valence-electron chi connectivity index (χ2n) is 8.49. The van der Waals surface area contributed by atoms with Gasteiger partial charge in [0.1, 0.15) is 18.3 Å². The Labute approximate surface area is 229 Å². The normalized spacial score (nSPS) is 11.9. The Bertz CT molecular complexity index is 1330. The smallest absolute Gasteiger partial charge is 0.264 e. The van der Waals surface area contributed by atoms with Gasteiger partial charge in [-0.1, -0.05) is 54.9 Å². The molecule has 0 heterocycles. The molecule has 3 aromatic carbocycles. The van der Waals surface area contributed by atoms with Gasteiger partial charge in [0.15, 0.2) is 0 Å². The van der Waals surface area contributed by atoms with Crippen molar-refractivity contribution in [3.05, 3.63) is 89.4 Å². The van der Waals surface area contributed by atoms with Gasteiger partial charge in [-0.2, -0.15) is 0 Å². The number of hydrogen-bond donors (Lipinski definition) is 1. The maximum atomic E-state index is 13.9. The lowest BCUT2D eigenvalue weighted by Crippen LogP contribution is -2.52. The van der Waals surface area contributed by atoms with E-state index in [1.54, 1.807) is 25.1 Å². The Hall–Kier alpha value is -3.56. The van der Waals surface area contributed by atoms with Gasteiger partial charge in [0, 0.05) is 18.1 Å². The molecule has 0 aromatic heterocycles. The molecule has 8 nitrogen and oxygen atoms in total. The van der Waals surface area contributed by atoms with Gasteiger partial charge in [0.25, 0.3) is 10.0 Å². The second-order valence-corrected chi connectivity index (χ2v) is 10.8. The van der Waals surface area contributed by atoms with Crippen LogP contribution < -0.4 is 14.4 Å². The number of rotatable bonds is 12. The molecule has 0 aliphatic carbocycles. The fraction of sp³-hybridized carbons (Fsp3) is 0.286. The monoisotopic (exact) mass is 557 g/mol. The van der Waals surface area contributed by atoms with Gasteiger partial charge in [-0.15, -0.1) is 0 Å². The second kappa shape index (κ2) is 13.3. The van der Waals surface area contributed by atoms with Crippen molar-refractivity contribution in [3.8, 4) is 5.75 Å². The molecular formula is C28H32ClN3O5S. The largest absolute Gasteiger partial charge is 0.497 e. The van der Waals surface area contributed by atoms with Crippen LogP contribution in [0, 0.1) is 0 Å². The molecule has 0 spiro atoms. The van der Waals surface area contributed by atoms with Crippen LogP contribution in [0.15, 0.2) is 83.8 Å². The van der Waals surface area contributed by atoms with Crippen molar-refractivity contribution in [2.45, 2.75) is 37.8 Å². The number of ether oxygens (including phenoxy) is 1. The highest BCUT2D eigenvalue weighted by Gasteiger charge is 2.33. The van der Waals surface area contributed by atoms with Crippen molar-refractivity contribution in [2.75, 3.05) is 24.5 Å². The SMILES string of the molecule is CCNC(=O)[C@H](CC)N(Cc1ccccc1)C(=O)CN(c1cccc(Cl)c1)S(=O)(=O)c1ccc(OC)cc1. The molecule has 0 aliphatic heterocycles. The average Bonchev–Trinajstić information content (AvgIpc) is 2.92. The molecule has 0 saturated heterocycles. The van der Waals surface area contributed by atoms with Crippen molar-refractivity contribution in [1.29, 1.82) is 0 Å². The molecule has 38 heavy (non-hydrogen) atoms. The number of sulfonamides is 1. The summed E-state index contributed by atoms with van der Waals surface area (Å²) in [7, 11) is -2.70. The lowest BCUT2D eigenvalue weighted by atomic mass is 10.1. The summed E-state index contributed by atoms with van der Waals surface area (Å²) in [5.74, 6) is -0.327. The Morgan fingerprint density at radius 1 is 0.974 bits per heavy atom. The summed E-state index contributed by atoms with van der Waals surface area (Å²) in [4.78, 5) is 28.2. The molecule has 0 fully saturated rings. The topological polar surface area (TPSA) is 96.0 Å². The summed E-state index contributed by atoms with van der Waals surface area (Å²) in [5.41, 5.74) is 1.04. The number of benzene rings is 3. The number of hydrogen-bond acceptors (Lipinski definition) is 5. The van der Waals surface area contributed by atoms with Crippen LogP contribution in [-0.2, 0) is 26.2 Å². The van der Waals surface area contributed by atoms with Gasteiger partial charge < -0.3 is 15.0 Å². The van der Waals surface area contributed by atoms with Gasteiger partial charge in [-0.25, -0.2) is 8.42 Å². The van der Waals surface area contributed by atoms with E-state index in [-0.39, 0.29) is 23.0 Å². The van der Waals surface area contributed by atoms with Crippen LogP contribution in [-0.4, -0.2) is 51.4 Å². The molecule has 0 bridgehead atoms. The van der Waals surface area contributed by atoms with Crippen LogP contribution in [0.2, 0.25) is 5.02 Å².